The smallest absolute Gasteiger partial charge is 0.312 e. The highest BCUT2D eigenvalue weighted by Crippen LogP contribution is 2.59. The lowest BCUT2D eigenvalue weighted by Gasteiger charge is -2.57. The van der Waals surface area contributed by atoms with E-state index < -0.39 is 29.4 Å². The Morgan fingerprint density at radius 2 is 1.80 bits per heavy atom. The van der Waals surface area contributed by atoms with Crippen LogP contribution in [0.1, 0.15) is 27.2 Å². The van der Waals surface area contributed by atoms with E-state index in [2.05, 4.69) is 0 Å². The first-order valence-electron chi connectivity index (χ1n) is 6.75. The Bertz CT molecular complexity index is 479. The SMILES string of the molecule is COC(=O)C1C2C(C)=CC(O)(CC2(C)C)C1C(=O)OC. The van der Waals surface area contributed by atoms with E-state index >= 15 is 0 Å². The summed E-state index contributed by atoms with van der Waals surface area (Å²) in [4.78, 5) is 24.3. The third-order valence-corrected chi connectivity index (χ3v) is 4.73. The number of methoxy groups -OCH3 is 2. The number of allylic oxidation sites excluding steroid dienone is 1. The van der Waals surface area contributed by atoms with Gasteiger partial charge in [-0.2, -0.15) is 0 Å². The van der Waals surface area contributed by atoms with Gasteiger partial charge < -0.3 is 14.6 Å². The molecule has 0 saturated heterocycles. The summed E-state index contributed by atoms with van der Waals surface area (Å²) in [5.74, 6) is -2.77. The maximum absolute atomic E-state index is 12.2. The lowest BCUT2D eigenvalue weighted by Crippen LogP contribution is -2.62. The van der Waals surface area contributed by atoms with Gasteiger partial charge in [-0.05, 0) is 24.7 Å². The third kappa shape index (κ3) is 1.95. The zero-order valence-electron chi connectivity index (χ0n) is 12.6. The fraction of sp³-hybridized carbons (Fsp3) is 0.733. The van der Waals surface area contributed by atoms with Crippen LogP contribution in [-0.2, 0) is 19.1 Å². The van der Waals surface area contributed by atoms with E-state index in [-0.39, 0.29) is 11.3 Å². The maximum Gasteiger partial charge on any atom is 0.312 e. The van der Waals surface area contributed by atoms with Crippen LogP contribution in [0.2, 0.25) is 0 Å². The van der Waals surface area contributed by atoms with E-state index in [1.54, 1.807) is 6.08 Å². The summed E-state index contributed by atoms with van der Waals surface area (Å²) in [5.41, 5.74) is -0.704. The van der Waals surface area contributed by atoms with E-state index in [0.717, 1.165) is 5.57 Å². The molecule has 0 aromatic rings. The van der Waals surface area contributed by atoms with Crippen LogP contribution in [0.3, 0.4) is 0 Å². The predicted octanol–water partition coefficient (Wildman–Crippen LogP) is 1.30. The van der Waals surface area contributed by atoms with Gasteiger partial charge in [0.15, 0.2) is 0 Å². The molecule has 1 fully saturated rings. The molecule has 4 unspecified atom stereocenters. The first-order chi connectivity index (χ1) is 9.18. The minimum atomic E-state index is -1.35. The first kappa shape index (κ1) is 15.0. The number of hydrogen-bond acceptors (Lipinski definition) is 5. The molecule has 0 aliphatic heterocycles. The Hall–Kier alpha value is -1.36. The number of carbonyl (C=O) groups excluding carboxylic acids is 2. The highest BCUT2D eigenvalue weighted by molar-refractivity contribution is 5.85. The molecular weight excluding hydrogens is 260 g/mol. The van der Waals surface area contributed by atoms with Crippen LogP contribution in [0.15, 0.2) is 11.6 Å². The first-order valence-corrected chi connectivity index (χ1v) is 6.75. The van der Waals surface area contributed by atoms with Crippen molar-refractivity contribution in [2.45, 2.75) is 32.8 Å². The highest BCUT2D eigenvalue weighted by Gasteiger charge is 2.64. The second-order valence-corrected chi connectivity index (χ2v) is 6.57. The molecular formula is C15H22O5. The minimum Gasteiger partial charge on any atom is -0.469 e. The quantitative estimate of drug-likeness (QED) is 0.610. The lowest BCUT2D eigenvalue weighted by molar-refractivity contribution is -0.187. The molecule has 0 spiro atoms. The number of fused-ring (bicyclic) bond motifs is 2. The normalized spacial score (nSPS) is 38.1. The van der Waals surface area contributed by atoms with Crippen LogP contribution in [0.5, 0.6) is 0 Å². The van der Waals surface area contributed by atoms with Crippen molar-refractivity contribution in [1.29, 1.82) is 0 Å². The molecule has 5 nitrogen and oxygen atoms in total. The Labute approximate surface area is 118 Å². The van der Waals surface area contributed by atoms with E-state index in [9.17, 15) is 14.7 Å². The Balaban J connectivity index is 2.59. The van der Waals surface area contributed by atoms with Crippen molar-refractivity contribution >= 4 is 11.9 Å². The van der Waals surface area contributed by atoms with Gasteiger partial charge in [-0.3, -0.25) is 9.59 Å². The fourth-order valence-electron chi connectivity index (χ4n) is 4.35. The summed E-state index contributed by atoms with van der Waals surface area (Å²) < 4.78 is 9.67. The van der Waals surface area contributed by atoms with Crippen molar-refractivity contribution in [2.24, 2.45) is 23.2 Å². The van der Waals surface area contributed by atoms with Crippen LogP contribution in [-0.4, -0.2) is 36.9 Å². The van der Waals surface area contributed by atoms with Crippen LogP contribution in [0.25, 0.3) is 0 Å². The molecule has 3 aliphatic carbocycles. The summed E-state index contributed by atoms with van der Waals surface area (Å²) in [6.07, 6.45) is 2.14. The average Bonchev–Trinajstić information content (AvgIpc) is 2.33. The molecule has 0 amide bonds. The summed E-state index contributed by atoms with van der Waals surface area (Å²) in [6, 6.07) is 0. The summed E-state index contributed by atoms with van der Waals surface area (Å²) in [6.45, 7) is 5.89. The van der Waals surface area contributed by atoms with Crippen molar-refractivity contribution < 1.29 is 24.2 Å². The zero-order chi connectivity index (χ0) is 15.3. The second-order valence-electron chi connectivity index (χ2n) is 6.57. The van der Waals surface area contributed by atoms with Gasteiger partial charge in [0.05, 0.1) is 25.7 Å². The van der Waals surface area contributed by atoms with Crippen LogP contribution in [0, 0.1) is 23.2 Å². The summed E-state index contributed by atoms with van der Waals surface area (Å²) >= 11 is 0. The van der Waals surface area contributed by atoms with Crippen molar-refractivity contribution in [3.8, 4) is 0 Å². The van der Waals surface area contributed by atoms with E-state index in [1.165, 1.54) is 14.2 Å². The molecule has 2 bridgehead atoms. The van der Waals surface area contributed by atoms with Gasteiger partial charge in [0.25, 0.3) is 0 Å². The van der Waals surface area contributed by atoms with Crippen LogP contribution >= 0.6 is 0 Å². The standard InChI is InChI=1S/C15H22O5/c1-8-6-15(18)7-14(2,3)10(8)9(12(16)19-4)11(15)13(17)20-5/h6,9-11,18H,7H2,1-5H3. The molecule has 1 saturated carbocycles. The molecule has 0 aromatic carbocycles. The number of carbonyl (C=O) groups is 2. The summed E-state index contributed by atoms with van der Waals surface area (Å²) in [7, 11) is 2.57. The van der Waals surface area contributed by atoms with Gasteiger partial charge in [-0.1, -0.05) is 25.5 Å². The van der Waals surface area contributed by atoms with Gasteiger partial charge >= 0.3 is 11.9 Å². The highest BCUT2D eigenvalue weighted by atomic mass is 16.5. The molecule has 0 radical (unpaired) electrons. The van der Waals surface area contributed by atoms with Gasteiger partial charge in [0.2, 0.25) is 0 Å². The number of esters is 2. The number of hydrogen-bond donors (Lipinski definition) is 1. The summed E-state index contributed by atoms with van der Waals surface area (Å²) in [5, 5.41) is 10.9. The van der Waals surface area contributed by atoms with Crippen molar-refractivity contribution in [1.82, 2.24) is 0 Å². The van der Waals surface area contributed by atoms with Crippen LogP contribution < -0.4 is 0 Å². The predicted molar refractivity (Wildman–Crippen MR) is 71.6 cm³/mol. The number of ether oxygens (including phenoxy) is 2. The molecule has 0 heterocycles. The molecule has 3 rings (SSSR count). The lowest BCUT2D eigenvalue weighted by atomic mass is 9.48. The minimum absolute atomic E-state index is 0.131. The van der Waals surface area contributed by atoms with E-state index in [4.69, 9.17) is 9.47 Å². The Morgan fingerprint density at radius 1 is 1.25 bits per heavy atom. The van der Waals surface area contributed by atoms with Crippen molar-refractivity contribution in [2.75, 3.05) is 14.2 Å². The molecule has 1 N–H and O–H groups in total. The molecule has 3 aliphatic rings. The third-order valence-electron chi connectivity index (χ3n) is 4.73. The maximum atomic E-state index is 12.2. The molecule has 20 heavy (non-hydrogen) atoms. The molecule has 5 heteroatoms. The molecule has 112 valence electrons. The zero-order valence-corrected chi connectivity index (χ0v) is 12.6. The fourth-order valence-corrected chi connectivity index (χ4v) is 4.35. The second kappa shape index (κ2) is 4.58. The van der Waals surface area contributed by atoms with Crippen molar-refractivity contribution in [3.63, 3.8) is 0 Å². The van der Waals surface area contributed by atoms with Gasteiger partial charge in [0, 0.05) is 0 Å². The van der Waals surface area contributed by atoms with Gasteiger partial charge in [-0.15, -0.1) is 0 Å². The number of aliphatic hydroxyl groups is 1. The Kier molecular flexibility index (Phi) is 3.45. The van der Waals surface area contributed by atoms with Gasteiger partial charge in [-0.25, -0.2) is 0 Å². The molecule has 4 atom stereocenters. The number of rotatable bonds is 2. The topological polar surface area (TPSA) is 72.8 Å². The van der Waals surface area contributed by atoms with Gasteiger partial charge in [0.1, 0.15) is 5.92 Å². The van der Waals surface area contributed by atoms with E-state index in [0.29, 0.717) is 6.42 Å². The van der Waals surface area contributed by atoms with E-state index in [1.807, 2.05) is 20.8 Å². The Morgan fingerprint density at radius 3 is 2.25 bits per heavy atom. The molecule has 0 aromatic heterocycles. The largest absolute Gasteiger partial charge is 0.469 e. The monoisotopic (exact) mass is 282 g/mol. The average molecular weight is 282 g/mol. The van der Waals surface area contributed by atoms with Crippen LogP contribution in [0.4, 0.5) is 0 Å². The van der Waals surface area contributed by atoms with Crippen molar-refractivity contribution in [3.05, 3.63) is 11.6 Å².